The van der Waals surface area contributed by atoms with Gasteiger partial charge in [0.2, 0.25) is 5.91 Å². The molecule has 2 N–H and O–H groups in total. The minimum absolute atomic E-state index is 0.227. The number of ether oxygens (including phenoxy) is 1. The van der Waals surface area contributed by atoms with Gasteiger partial charge in [-0.25, -0.2) is 4.39 Å². The Hall–Kier alpha value is -4.04. The van der Waals surface area contributed by atoms with Crippen LogP contribution < -0.4 is 15.4 Å². The van der Waals surface area contributed by atoms with E-state index in [4.69, 9.17) is 4.74 Å². The number of nitrogens with one attached hydrogen (secondary N) is 2. The molecule has 2 fully saturated rings. The van der Waals surface area contributed by atoms with Gasteiger partial charge in [-0.3, -0.25) is 19.3 Å². The molecule has 7 nitrogen and oxygen atoms in total. The zero-order valence-corrected chi connectivity index (χ0v) is 21.5. The molecule has 3 aromatic rings. The molecule has 4 atom stereocenters. The van der Waals surface area contributed by atoms with Crippen molar-refractivity contribution in [2.75, 3.05) is 23.8 Å². The Morgan fingerprint density at radius 2 is 1.79 bits per heavy atom. The van der Waals surface area contributed by atoms with Gasteiger partial charge in [0.15, 0.2) is 5.78 Å². The summed E-state index contributed by atoms with van der Waals surface area (Å²) >= 11 is 0. The van der Waals surface area contributed by atoms with Crippen LogP contribution in [0.15, 0.2) is 66.7 Å². The summed E-state index contributed by atoms with van der Waals surface area (Å²) < 4.78 is 20.7. The van der Waals surface area contributed by atoms with Crippen LogP contribution in [0.2, 0.25) is 0 Å². The predicted octanol–water partition coefficient (Wildman–Crippen LogP) is 4.63. The van der Waals surface area contributed by atoms with Crippen LogP contribution in [-0.4, -0.2) is 41.7 Å². The molecule has 2 saturated heterocycles. The number of halogens is 1. The van der Waals surface area contributed by atoms with Gasteiger partial charge in [-0.15, -0.1) is 0 Å². The minimum atomic E-state index is -1.60. The molecule has 3 aromatic carbocycles. The van der Waals surface area contributed by atoms with Gasteiger partial charge >= 0.3 is 0 Å². The van der Waals surface area contributed by atoms with Gasteiger partial charge in [0.25, 0.3) is 5.91 Å². The number of nitrogens with zero attached hydrogens (tertiary/aromatic N) is 1. The lowest BCUT2D eigenvalue weighted by atomic mass is 9.57. The van der Waals surface area contributed by atoms with Crippen molar-refractivity contribution in [3.8, 4) is 5.75 Å². The third-order valence-electron chi connectivity index (χ3n) is 8.93. The summed E-state index contributed by atoms with van der Waals surface area (Å²) in [5.74, 6) is -1.85. The van der Waals surface area contributed by atoms with Crippen molar-refractivity contribution in [1.29, 1.82) is 0 Å². The van der Waals surface area contributed by atoms with Gasteiger partial charge < -0.3 is 15.4 Å². The standard InChI is InChI=1S/C31H28FN3O4/c1-2-15-39-20-8-5-7-18(16-20)27(36)26-25-11-6-14-35(25)31(22-17-19(32)12-13-24(22)34-29(31)38)30(26)21-9-3-4-10-23(21)33-28(30)37/h3-5,7-10,12-13,16-17,25-26H,2,6,11,14-15H2,1H3,(H,33,37)(H,34,38)/t25-,26-,30+,31+/m0/s1. The van der Waals surface area contributed by atoms with Crippen LogP contribution in [0.5, 0.6) is 5.75 Å². The molecule has 0 aliphatic carbocycles. The lowest BCUT2D eigenvalue weighted by Gasteiger charge is -2.43. The molecule has 4 aliphatic heterocycles. The highest BCUT2D eigenvalue weighted by atomic mass is 19.1. The van der Waals surface area contributed by atoms with E-state index in [1.807, 2.05) is 30.0 Å². The van der Waals surface area contributed by atoms with Crippen molar-refractivity contribution in [3.05, 3.63) is 89.2 Å². The van der Waals surface area contributed by atoms with Crippen LogP contribution in [0.3, 0.4) is 0 Å². The van der Waals surface area contributed by atoms with E-state index in [-0.39, 0.29) is 5.78 Å². The first-order valence-electron chi connectivity index (χ1n) is 13.5. The van der Waals surface area contributed by atoms with E-state index in [9.17, 15) is 18.8 Å². The van der Waals surface area contributed by atoms with E-state index in [1.54, 1.807) is 36.4 Å². The van der Waals surface area contributed by atoms with Gasteiger partial charge in [-0.05, 0) is 67.8 Å². The van der Waals surface area contributed by atoms with Crippen molar-refractivity contribution in [2.24, 2.45) is 5.92 Å². The number of ketones is 1. The maximum atomic E-state index is 14.9. The predicted molar refractivity (Wildman–Crippen MR) is 143 cm³/mol. The van der Waals surface area contributed by atoms with Crippen LogP contribution >= 0.6 is 0 Å². The van der Waals surface area contributed by atoms with Crippen LogP contribution in [0, 0.1) is 11.7 Å². The SMILES string of the molecule is CCCOc1cccc(C(=O)[C@@H]2[C@@H]3CCCN3[C@]3(C(=O)Nc4ccc(F)cc43)[C@@]23C(=O)Nc2ccccc23)c1. The number of amides is 2. The summed E-state index contributed by atoms with van der Waals surface area (Å²) in [6, 6.07) is 18.1. The normalized spacial score (nSPS) is 28.4. The molecule has 2 spiro atoms. The van der Waals surface area contributed by atoms with E-state index in [0.29, 0.717) is 53.4 Å². The van der Waals surface area contributed by atoms with Crippen molar-refractivity contribution in [2.45, 2.75) is 43.2 Å². The second-order valence-electron chi connectivity index (χ2n) is 10.8. The van der Waals surface area contributed by atoms with Gasteiger partial charge in [0, 0.05) is 28.5 Å². The summed E-state index contributed by atoms with van der Waals surface area (Å²) in [5, 5.41) is 5.94. The number of Topliss-reactive ketones (excluding diaryl/α,β-unsaturated/α-hetero) is 1. The summed E-state index contributed by atoms with van der Waals surface area (Å²) in [7, 11) is 0. The van der Waals surface area contributed by atoms with E-state index >= 15 is 0 Å². The zero-order chi connectivity index (χ0) is 26.9. The first-order valence-corrected chi connectivity index (χ1v) is 13.5. The number of fused-ring (bicyclic) bond motifs is 7. The molecule has 198 valence electrons. The smallest absolute Gasteiger partial charge is 0.251 e. The molecule has 39 heavy (non-hydrogen) atoms. The summed E-state index contributed by atoms with van der Waals surface area (Å²) in [4.78, 5) is 45.5. The average Bonchev–Trinajstić information content (AvgIpc) is 3.66. The molecule has 0 unspecified atom stereocenters. The molecule has 4 heterocycles. The average molecular weight is 526 g/mol. The monoisotopic (exact) mass is 525 g/mol. The fourth-order valence-electron chi connectivity index (χ4n) is 7.69. The molecular weight excluding hydrogens is 497 g/mol. The number of anilines is 2. The van der Waals surface area contributed by atoms with Crippen molar-refractivity contribution in [1.82, 2.24) is 4.90 Å². The highest BCUT2D eigenvalue weighted by molar-refractivity contribution is 6.21. The molecule has 7 rings (SSSR count). The Balaban J connectivity index is 1.52. The third kappa shape index (κ3) is 2.92. The highest BCUT2D eigenvalue weighted by Crippen LogP contribution is 2.67. The van der Waals surface area contributed by atoms with Crippen LogP contribution in [0.4, 0.5) is 15.8 Å². The Kier molecular flexibility index (Phi) is 5.23. The second-order valence-corrected chi connectivity index (χ2v) is 10.8. The minimum Gasteiger partial charge on any atom is -0.494 e. The molecular formula is C31H28FN3O4. The Bertz CT molecular complexity index is 1560. The number of benzene rings is 3. The summed E-state index contributed by atoms with van der Waals surface area (Å²) in [5.41, 5.74) is -0.735. The van der Waals surface area contributed by atoms with Crippen LogP contribution in [-0.2, 0) is 20.5 Å². The van der Waals surface area contributed by atoms with E-state index in [0.717, 1.165) is 12.8 Å². The van der Waals surface area contributed by atoms with E-state index in [1.165, 1.54) is 12.1 Å². The first-order chi connectivity index (χ1) is 18.9. The fraction of sp³-hybridized carbons (Fsp3) is 0.323. The molecule has 0 radical (unpaired) electrons. The molecule has 0 aromatic heterocycles. The molecule has 0 saturated carbocycles. The lowest BCUT2D eigenvalue weighted by Crippen LogP contribution is -2.62. The quantitative estimate of drug-likeness (QED) is 0.475. The Morgan fingerprint density at radius 1 is 1.00 bits per heavy atom. The second kappa shape index (κ2) is 8.48. The summed E-state index contributed by atoms with van der Waals surface area (Å²) in [6.45, 7) is 3.03. The number of rotatable bonds is 5. The van der Waals surface area contributed by atoms with Gasteiger partial charge in [0.05, 0.1) is 12.5 Å². The maximum Gasteiger partial charge on any atom is 0.251 e. The van der Waals surface area contributed by atoms with Crippen LogP contribution in [0.25, 0.3) is 0 Å². The van der Waals surface area contributed by atoms with Gasteiger partial charge in [0.1, 0.15) is 22.5 Å². The van der Waals surface area contributed by atoms with Crippen molar-refractivity contribution < 1.29 is 23.5 Å². The highest BCUT2D eigenvalue weighted by Gasteiger charge is 2.81. The number of hydrogen-bond acceptors (Lipinski definition) is 5. The first kappa shape index (κ1) is 24.0. The molecule has 2 amide bonds. The number of carbonyl (C=O) groups excluding carboxylic acids is 3. The van der Waals surface area contributed by atoms with E-state index in [2.05, 4.69) is 10.6 Å². The van der Waals surface area contributed by atoms with Gasteiger partial charge in [-0.1, -0.05) is 37.3 Å². The number of para-hydroxylation sites is 1. The lowest BCUT2D eigenvalue weighted by molar-refractivity contribution is -0.137. The molecule has 4 aliphatic rings. The summed E-state index contributed by atoms with van der Waals surface area (Å²) in [6.07, 6.45) is 2.22. The van der Waals surface area contributed by atoms with Crippen molar-refractivity contribution >= 4 is 29.0 Å². The molecule has 0 bridgehead atoms. The topological polar surface area (TPSA) is 87.7 Å². The van der Waals surface area contributed by atoms with Crippen molar-refractivity contribution in [3.63, 3.8) is 0 Å². The zero-order valence-electron chi connectivity index (χ0n) is 21.5. The fourth-order valence-corrected chi connectivity index (χ4v) is 7.69. The Labute approximate surface area is 225 Å². The number of carbonyl (C=O) groups is 3. The van der Waals surface area contributed by atoms with Crippen LogP contribution in [0.1, 0.15) is 47.7 Å². The largest absolute Gasteiger partial charge is 0.494 e. The third-order valence-corrected chi connectivity index (χ3v) is 8.93. The van der Waals surface area contributed by atoms with Gasteiger partial charge in [-0.2, -0.15) is 0 Å². The number of hydrogen-bond donors (Lipinski definition) is 2. The molecule has 8 heteroatoms. The van der Waals surface area contributed by atoms with E-state index < -0.39 is 40.5 Å². The maximum absolute atomic E-state index is 14.9. The Morgan fingerprint density at radius 3 is 2.64 bits per heavy atom.